The standard InChI is InChI=1S/C13H14N2O3/c1-13(2,16)12-8(14)3-7-4-10-11(18-6-17-10)5-9(7)15-12/h3-5,16H,6,14H2,1-2H3. The highest BCUT2D eigenvalue weighted by atomic mass is 16.7. The van der Waals surface area contributed by atoms with Crippen LogP contribution >= 0.6 is 0 Å². The highest BCUT2D eigenvalue weighted by Gasteiger charge is 2.23. The third-order valence-electron chi connectivity index (χ3n) is 2.92. The summed E-state index contributed by atoms with van der Waals surface area (Å²) >= 11 is 0. The van der Waals surface area contributed by atoms with Crippen molar-refractivity contribution >= 4 is 16.6 Å². The van der Waals surface area contributed by atoms with E-state index < -0.39 is 5.60 Å². The highest BCUT2D eigenvalue weighted by molar-refractivity contribution is 5.86. The molecule has 0 fully saturated rings. The molecule has 1 aromatic heterocycles. The van der Waals surface area contributed by atoms with Gasteiger partial charge < -0.3 is 20.3 Å². The number of nitrogens with zero attached hydrogens (tertiary/aromatic N) is 1. The minimum absolute atomic E-state index is 0.222. The summed E-state index contributed by atoms with van der Waals surface area (Å²) in [4.78, 5) is 4.41. The molecule has 5 heteroatoms. The molecule has 0 amide bonds. The van der Waals surface area contributed by atoms with Crippen molar-refractivity contribution in [2.75, 3.05) is 12.5 Å². The minimum atomic E-state index is -1.07. The van der Waals surface area contributed by atoms with Crippen molar-refractivity contribution in [3.63, 3.8) is 0 Å². The molecule has 0 saturated carbocycles. The monoisotopic (exact) mass is 246 g/mol. The Hall–Kier alpha value is -2.01. The second-order valence-corrected chi connectivity index (χ2v) is 4.88. The van der Waals surface area contributed by atoms with Crippen LogP contribution in [0, 0.1) is 0 Å². The first-order valence-corrected chi connectivity index (χ1v) is 5.68. The van der Waals surface area contributed by atoms with Crippen LogP contribution in [0.1, 0.15) is 19.5 Å². The number of aromatic nitrogens is 1. The van der Waals surface area contributed by atoms with Crippen LogP contribution < -0.4 is 15.2 Å². The van der Waals surface area contributed by atoms with E-state index in [-0.39, 0.29) is 6.79 Å². The molecule has 3 rings (SSSR count). The molecule has 1 aliphatic heterocycles. The van der Waals surface area contributed by atoms with Crippen LogP contribution in [0.3, 0.4) is 0 Å². The Kier molecular flexibility index (Phi) is 2.15. The topological polar surface area (TPSA) is 77.6 Å². The van der Waals surface area contributed by atoms with Gasteiger partial charge in [0.25, 0.3) is 0 Å². The number of aliphatic hydroxyl groups is 1. The number of ether oxygens (including phenoxy) is 2. The highest BCUT2D eigenvalue weighted by Crippen LogP contribution is 2.37. The van der Waals surface area contributed by atoms with E-state index in [1.807, 2.05) is 6.07 Å². The van der Waals surface area contributed by atoms with Gasteiger partial charge in [-0.15, -0.1) is 0 Å². The molecule has 0 atom stereocenters. The van der Waals surface area contributed by atoms with Gasteiger partial charge >= 0.3 is 0 Å². The fourth-order valence-corrected chi connectivity index (χ4v) is 2.07. The lowest BCUT2D eigenvalue weighted by molar-refractivity contribution is 0.0751. The number of fused-ring (bicyclic) bond motifs is 2. The van der Waals surface area contributed by atoms with Crippen LogP contribution in [-0.4, -0.2) is 16.9 Å². The first kappa shape index (κ1) is 11.1. The van der Waals surface area contributed by atoms with Crippen molar-refractivity contribution in [2.24, 2.45) is 0 Å². The maximum absolute atomic E-state index is 10.0. The molecular formula is C13H14N2O3. The zero-order chi connectivity index (χ0) is 12.9. The number of anilines is 1. The maximum atomic E-state index is 10.0. The van der Waals surface area contributed by atoms with Crippen LogP contribution in [0.4, 0.5) is 5.69 Å². The van der Waals surface area contributed by atoms with Gasteiger partial charge in [-0.05, 0) is 26.0 Å². The third kappa shape index (κ3) is 1.64. The summed E-state index contributed by atoms with van der Waals surface area (Å²) in [5.74, 6) is 1.36. The summed E-state index contributed by atoms with van der Waals surface area (Å²) in [5.41, 5.74) is 6.51. The molecule has 1 aliphatic rings. The van der Waals surface area contributed by atoms with Gasteiger partial charge in [-0.1, -0.05) is 0 Å². The predicted octanol–water partition coefficient (Wildman–Crippen LogP) is 1.77. The van der Waals surface area contributed by atoms with Gasteiger partial charge in [0.2, 0.25) is 6.79 Å². The number of hydrogen-bond acceptors (Lipinski definition) is 5. The average Bonchev–Trinajstić information content (AvgIpc) is 2.70. The molecule has 0 unspecified atom stereocenters. The Morgan fingerprint density at radius 1 is 1.22 bits per heavy atom. The van der Waals surface area contributed by atoms with Gasteiger partial charge in [0.1, 0.15) is 5.60 Å². The van der Waals surface area contributed by atoms with Crippen molar-refractivity contribution < 1.29 is 14.6 Å². The molecular weight excluding hydrogens is 232 g/mol. The first-order chi connectivity index (χ1) is 8.45. The molecule has 18 heavy (non-hydrogen) atoms. The van der Waals surface area contributed by atoms with Gasteiger partial charge in [-0.2, -0.15) is 0 Å². The van der Waals surface area contributed by atoms with Crippen molar-refractivity contribution in [3.05, 3.63) is 23.9 Å². The zero-order valence-electron chi connectivity index (χ0n) is 10.2. The second-order valence-electron chi connectivity index (χ2n) is 4.88. The van der Waals surface area contributed by atoms with E-state index in [0.717, 1.165) is 10.9 Å². The molecule has 5 nitrogen and oxygen atoms in total. The number of nitrogen functional groups attached to an aromatic ring is 1. The number of pyridine rings is 1. The SMILES string of the molecule is CC(C)(O)c1nc2cc3c(cc2cc1N)OCO3. The smallest absolute Gasteiger partial charge is 0.231 e. The Morgan fingerprint density at radius 3 is 2.56 bits per heavy atom. The van der Waals surface area contributed by atoms with Crippen LogP contribution in [-0.2, 0) is 5.60 Å². The van der Waals surface area contributed by atoms with Crippen molar-refractivity contribution in [1.82, 2.24) is 4.98 Å². The summed E-state index contributed by atoms with van der Waals surface area (Å²) in [7, 11) is 0. The number of hydrogen-bond donors (Lipinski definition) is 2. The number of nitrogens with two attached hydrogens (primary N) is 1. The van der Waals surface area contributed by atoms with E-state index in [2.05, 4.69) is 4.98 Å². The van der Waals surface area contributed by atoms with Gasteiger partial charge in [0.05, 0.1) is 16.9 Å². The lowest BCUT2D eigenvalue weighted by Gasteiger charge is -2.19. The van der Waals surface area contributed by atoms with Gasteiger partial charge in [-0.3, -0.25) is 0 Å². The lowest BCUT2D eigenvalue weighted by atomic mass is 10.0. The summed E-state index contributed by atoms with van der Waals surface area (Å²) in [6.45, 7) is 3.54. The molecule has 94 valence electrons. The third-order valence-corrected chi connectivity index (χ3v) is 2.92. The van der Waals surface area contributed by atoms with Crippen LogP contribution in [0.2, 0.25) is 0 Å². The normalized spacial score (nSPS) is 14.2. The molecule has 0 bridgehead atoms. The van der Waals surface area contributed by atoms with E-state index in [1.165, 1.54) is 0 Å². The largest absolute Gasteiger partial charge is 0.454 e. The molecule has 0 saturated heterocycles. The van der Waals surface area contributed by atoms with Crippen molar-refractivity contribution in [1.29, 1.82) is 0 Å². The zero-order valence-corrected chi connectivity index (χ0v) is 10.2. The summed E-state index contributed by atoms with van der Waals surface area (Å²) in [6, 6.07) is 5.43. The van der Waals surface area contributed by atoms with E-state index in [4.69, 9.17) is 15.2 Å². The fraction of sp³-hybridized carbons (Fsp3) is 0.308. The fourth-order valence-electron chi connectivity index (χ4n) is 2.07. The quantitative estimate of drug-likeness (QED) is 0.801. The van der Waals surface area contributed by atoms with Gasteiger partial charge in [0, 0.05) is 11.5 Å². The van der Waals surface area contributed by atoms with E-state index >= 15 is 0 Å². The Labute approximate surface area is 104 Å². The van der Waals surface area contributed by atoms with Gasteiger partial charge in [0.15, 0.2) is 11.5 Å². The summed E-state index contributed by atoms with van der Waals surface area (Å²) in [6.07, 6.45) is 0. The second kappa shape index (κ2) is 3.49. The molecule has 0 aliphatic carbocycles. The van der Waals surface area contributed by atoms with Crippen LogP contribution in [0.25, 0.3) is 10.9 Å². The summed E-state index contributed by atoms with van der Waals surface area (Å²) < 4.78 is 10.6. The predicted molar refractivity (Wildman–Crippen MR) is 67.5 cm³/mol. The molecule has 2 aromatic rings. The molecule has 2 heterocycles. The number of rotatable bonds is 1. The van der Waals surface area contributed by atoms with Crippen LogP contribution in [0.15, 0.2) is 18.2 Å². The average molecular weight is 246 g/mol. The van der Waals surface area contributed by atoms with E-state index in [1.54, 1.807) is 26.0 Å². The molecule has 1 aromatic carbocycles. The number of benzene rings is 1. The van der Waals surface area contributed by atoms with E-state index in [0.29, 0.717) is 22.9 Å². The Balaban J connectivity index is 2.26. The van der Waals surface area contributed by atoms with Gasteiger partial charge in [-0.25, -0.2) is 4.98 Å². The van der Waals surface area contributed by atoms with Crippen molar-refractivity contribution in [2.45, 2.75) is 19.4 Å². The first-order valence-electron chi connectivity index (χ1n) is 5.68. The maximum Gasteiger partial charge on any atom is 0.231 e. The minimum Gasteiger partial charge on any atom is -0.454 e. The Bertz CT molecular complexity index is 632. The Morgan fingerprint density at radius 2 is 1.89 bits per heavy atom. The summed E-state index contributed by atoms with van der Waals surface area (Å²) in [5, 5.41) is 10.9. The molecule has 3 N–H and O–H groups in total. The molecule has 0 radical (unpaired) electrons. The molecule has 0 spiro atoms. The van der Waals surface area contributed by atoms with E-state index in [9.17, 15) is 5.11 Å². The van der Waals surface area contributed by atoms with Crippen molar-refractivity contribution in [3.8, 4) is 11.5 Å². The van der Waals surface area contributed by atoms with Crippen LogP contribution in [0.5, 0.6) is 11.5 Å². The lowest BCUT2D eigenvalue weighted by Crippen LogP contribution is -2.19.